The normalized spacial score (nSPS) is 23.4. The second-order valence-electron chi connectivity index (χ2n) is 7.92. The SMILES string of the molecule is CCCCC1(c2cc(F)c(C3CC=C(F)CC3)c(F)c2)CCCCC1. The smallest absolute Gasteiger partial charge is 0.129 e. The molecule has 0 spiro atoms. The largest absolute Gasteiger partial charge is 0.212 e. The summed E-state index contributed by atoms with van der Waals surface area (Å²) in [6, 6.07) is 3.18. The molecule has 0 nitrogen and oxygen atoms in total. The van der Waals surface area contributed by atoms with Crippen molar-refractivity contribution < 1.29 is 13.2 Å². The molecule has 2 aliphatic carbocycles. The molecule has 1 fully saturated rings. The summed E-state index contributed by atoms with van der Waals surface area (Å²) in [4.78, 5) is 0. The molecular formula is C22H29F3. The Morgan fingerprint density at radius 2 is 1.72 bits per heavy atom. The molecule has 3 heteroatoms. The van der Waals surface area contributed by atoms with Crippen molar-refractivity contribution in [3.05, 3.63) is 46.8 Å². The van der Waals surface area contributed by atoms with Gasteiger partial charge in [-0.15, -0.1) is 0 Å². The maximum atomic E-state index is 14.9. The predicted octanol–water partition coefficient (Wildman–Crippen LogP) is 7.48. The number of benzene rings is 1. The van der Waals surface area contributed by atoms with Gasteiger partial charge in [-0.25, -0.2) is 13.2 Å². The summed E-state index contributed by atoms with van der Waals surface area (Å²) in [5.41, 5.74) is 0.943. The second-order valence-corrected chi connectivity index (χ2v) is 7.92. The van der Waals surface area contributed by atoms with Gasteiger partial charge in [-0.1, -0.05) is 45.1 Å². The number of hydrogen-bond acceptors (Lipinski definition) is 0. The number of unbranched alkanes of at least 4 members (excludes halogenated alkanes) is 1. The van der Waals surface area contributed by atoms with E-state index in [2.05, 4.69) is 6.92 Å². The number of allylic oxidation sites excluding steroid dienone is 2. The number of hydrogen-bond donors (Lipinski definition) is 0. The second kappa shape index (κ2) is 7.97. The monoisotopic (exact) mass is 350 g/mol. The van der Waals surface area contributed by atoms with Crippen molar-refractivity contribution in [3.63, 3.8) is 0 Å². The molecule has 0 heterocycles. The van der Waals surface area contributed by atoms with Crippen molar-refractivity contribution in [3.8, 4) is 0 Å². The highest BCUT2D eigenvalue weighted by Crippen LogP contribution is 2.45. The molecule has 1 aromatic rings. The third-order valence-corrected chi connectivity index (χ3v) is 6.27. The highest BCUT2D eigenvalue weighted by Gasteiger charge is 2.35. The van der Waals surface area contributed by atoms with Crippen molar-refractivity contribution in [1.82, 2.24) is 0 Å². The lowest BCUT2D eigenvalue weighted by atomic mass is 9.66. The van der Waals surface area contributed by atoms with Crippen LogP contribution in [-0.2, 0) is 5.41 Å². The Kier molecular flexibility index (Phi) is 5.91. The molecule has 3 rings (SSSR count). The van der Waals surface area contributed by atoms with E-state index in [0.717, 1.165) is 50.5 Å². The molecule has 1 atom stereocenters. The molecule has 1 saturated carbocycles. The van der Waals surface area contributed by atoms with E-state index in [4.69, 9.17) is 0 Å². The van der Waals surface area contributed by atoms with E-state index < -0.39 is 11.6 Å². The fourth-order valence-electron chi connectivity index (χ4n) is 4.77. The summed E-state index contributed by atoms with van der Waals surface area (Å²) in [7, 11) is 0. The number of halogens is 3. The van der Waals surface area contributed by atoms with Gasteiger partial charge in [0.25, 0.3) is 0 Å². The molecule has 1 aromatic carbocycles. The fraction of sp³-hybridized carbons (Fsp3) is 0.636. The van der Waals surface area contributed by atoms with Gasteiger partial charge in [-0.05, 0) is 67.6 Å². The molecule has 0 radical (unpaired) electrons. The van der Waals surface area contributed by atoms with Gasteiger partial charge in [0.15, 0.2) is 0 Å². The highest BCUT2D eigenvalue weighted by atomic mass is 19.1. The van der Waals surface area contributed by atoms with Gasteiger partial charge in [0.1, 0.15) is 11.6 Å². The van der Waals surface area contributed by atoms with Gasteiger partial charge < -0.3 is 0 Å². The maximum absolute atomic E-state index is 14.9. The molecule has 2 aliphatic rings. The topological polar surface area (TPSA) is 0 Å². The van der Waals surface area contributed by atoms with Crippen LogP contribution in [0.1, 0.15) is 94.6 Å². The molecule has 25 heavy (non-hydrogen) atoms. The average Bonchev–Trinajstić information content (AvgIpc) is 2.62. The first-order valence-corrected chi connectivity index (χ1v) is 9.90. The Morgan fingerprint density at radius 1 is 1.04 bits per heavy atom. The van der Waals surface area contributed by atoms with E-state index in [0.29, 0.717) is 12.8 Å². The van der Waals surface area contributed by atoms with Crippen molar-refractivity contribution >= 4 is 0 Å². The summed E-state index contributed by atoms with van der Waals surface area (Å²) in [6.45, 7) is 2.16. The first kappa shape index (κ1) is 18.5. The van der Waals surface area contributed by atoms with Crippen LogP contribution < -0.4 is 0 Å². The van der Waals surface area contributed by atoms with E-state index in [9.17, 15) is 13.2 Å². The molecule has 0 aromatic heterocycles. The molecule has 0 N–H and O–H groups in total. The van der Waals surface area contributed by atoms with Gasteiger partial charge in [0, 0.05) is 5.56 Å². The Bertz CT molecular complexity index is 603. The summed E-state index contributed by atoms with van der Waals surface area (Å²) >= 11 is 0. The number of rotatable bonds is 5. The van der Waals surface area contributed by atoms with Crippen LogP contribution in [0.5, 0.6) is 0 Å². The lowest BCUT2D eigenvalue weighted by Crippen LogP contribution is -2.29. The first-order valence-electron chi connectivity index (χ1n) is 9.90. The van der Waals surface area contributed by atoms with E-state index in [1.54, 1.807) is 12.1 Å². The van der Waals surface area contributed by atoms with Crippen molar-refractivity contribution in [2.75, 3.05) is 0 Å². The van der Waals surface area contributed by atoms with Gasteiger partial charge >= 0.3 is 0 Å². The van der Waals surface area contributed by atoms with Crippen molar-refractivity contribution in [2.45, 2.75) is 88.9 Å². The van der Waals surface area contributed by atoms with E-state index in [1.807, 2.05) is 0 Å². The third kappa shape index (κ3) is 3.96. The Morgan fingerprint density at radius 3 is 2.28 bits per heavy atom. The van der Waals surface area contributed by atoms with Gasteiger partial charge in [-0.2, -0.15) is 0 Å². The summed E-state index contributed by atoms with van der Waals surface area (Å²) in [6.07, 6.45) is 11.4. The molecule has 1 unspecified atom stereocenters. The average molecular weight is 350 g/mol. The van der Waals surface area contributed by atoms with Crippen LogP contribution >= 0.6 is 0 Å². The summed E-state index contributed by atoms with van der Waals surface area (Å²) in [5.74, 6) is -1.27. The summed E-state index contributed by atoms with van der Waals surface area (Å²) < 4.78 is 43.0. The zero-order chi connectivity index (χ0) is 17.9. The fourth-order valence-corrected chi connectivity index (χ4v) is 4.77. The molecule has 0 saturated heterocycles. The summed E-state index contributed by atoms with van der Waals surface area (Å²) in [5, 5.41) is 0. The molecule has 0 amide bonds. The lowest BCUT2D eigenvalue weighted by Gasteiger charge is -2.38. The maximum Gasteiger partial charge on any atom is 0.129 e. The Labute approximate surface area is 149 Å². The molecular weight excluding hydrogens is 321 g/mol. The van der Waals surface area contributed by atoms with Gasteiger partial charge in [-0.3, -0.25) is 0 Å². The van der Waals surface area contributed by atoms with Crippen LogP contribution in [0.25, 0.3) is 0 Å². The van der Waals surface area contributed by atoms with E-state index in [-0.39, 0.29) is 29.1 Å². The highest BCUT2D eigenvalue weighted by molar-refractivity contribution is 5.35. The van der Waals surface area contributed by atoms with E-state index >= 15 is 0 Å². The zero-order valence-corrected chi connectivity index (χ0v) is 15.2. The predicted molar refractivity (Wildman–Crippen MR) is 96.4 cm³/mol. The first-order chi connectivity index (χ1) is 12.1. The van der Waals surface area contributed by atoms with Crippen LogP contribution in [0.3, 0.4) is 0 Å². The molecule has 138 valence electrons. The van der Waals surface area contributed by atoms with Crippen LogP contribution in [0, 0.1) is 11.6 Å². The van der Waals surface area contributed by atoms with Crippen LogP contribution in [0.15, 0.2) is 24.0 Å². The van der Waals surface area contributed by atoms with Crippen LogP contribution in [-0.4, -0.2) is 0 Å². The van der Waals surface area contributed by atoms with Crippen molar-refractivity contribution in [2.24, 2.45) is 0 Å². The minimum Gasteiger partial charge on any atom is -0.212 e. The minimum absolute atomic E-state index is 0.0625. The Balaban J connectivity index is 1.92. The molecule has 0 aliphatic heterocycles. The zero-order valence-electron chi connectivity index (χ0n) is 15.2. The quantitative estimate of drug-likeness (QED) is 0.516. The van der Waals surface area contributed by atoms with Crippen LogP contribution in [0.4, 0.5) is 13.2 Å². The standard InChI is InChI=1S/C22H29F3/c1-2-3-11-22(12-5-4-6-13-22)17-14-19(24)21(20(25)15-17)16-7-9-18(23)10-8-16/h9,14-16H,2-8,10-13H2,1H3. The third-order valence-electron chi connectivity index (χ3n) is 6.27. The van der Waals surface area contributed by atoms with Gasteiger partial charge in [0.2, 0.25) is 0 Å². The van der Waals surface area contributed by atoms with Crippen LogP contribution in [0.2, 0.25) is 0 Å². The van der Waals surface area contributed by atoms with E-state index in [1.165, 1.54) is 12.5 Å². The van der Waals surface area contributed by atoms with Crippen molar-refractivity contribution in [1.29, 1.82) is 0 Å². The van der Waals surface area contributed by atoms with Gasteiger partial charge in [0.05, 0.1) is 5.83 Å². The Hall–Kier alpha value is -1.25. The lowest BCUT2D eigenvalue weighted by molar-refractivity contribution is 0.265. The minimum atomic E-state index is -0.433. The molecule has 0 bridgehead atoms.